The maximum absolute atomic E-state index is 11.6. The van der Waals surface area contributed by atoms with E-state index in [1.165, 1.54) is 6.42 Å². The molecule has 2 rings (SSSR count). The second-order valence-electron chi connectivity index (χ2n) is 4.29. The molecule has 2 amide bonds. The standard InChI is InChI=1S/C12H16N4O2/c13-11(16-18)8-4-6-10(7-5-8)15-12(17)14-9-2-1-3-9/h4-7,9,18H,1-3H2,(H2,13,16)(H2,14,15,17). The van der Waals surface area contributed by atoms with Gasteiger partial charge in [-0.1, -0.05) is 5.16 Å². The fraction of sp³-hybridized carbons (Fsp3) is 0.333. The van der Waals surface area contributed by atoms with Gasteiger partial charge in [-0.05, 0) is 43.5 Å². The zero-order chi connectivity index (χ0) is 13.0. The zero-order valence-corrected chi connectivity index (χ0v) is 9.89. The Morgan fingerprint density at radius 2 is 2.00 bits per heavy atom. The molecule has 5 N–H and O–H groups in total. The molecular weight excluding hydrogens is 232 g/mol. The summed E-state index contributed by atoms with van der Waals surface area (Å²) in [7, 11) is 0. The van der Waals surface area contributed by atoms with Crippen LogP contribution in [0.25, 0.3) is 0 Å². The summed E-state index contributed by atoms with van der Waals surface area (Å²) in [5, 5.41) is 17.0. The zero-order valence-electron chi connectivity index (χ0n) is 9.89. The molecule has 0 spiro atoms. The molecule has 1 aliphatic carbocycles. The van der Waals surface area contributed by atoms with Gasteiger partial charge in [-0.15, -0.1) is 0 Å². The van der Waals surface area contributed by atoms with Crippen LogP contribution < -0.4 is 16.4 Å². The highest BCUT2D eigenvalue weighted by Gasteiger charge is 2.19. The fourth-order valence-electron chi connectivity index (χ4n) is 1.69. The molecule has 0 unspecified atom stereocenters. The van der Waals surface area contributed by atoms with E-state index >= 15 is 0 Å². The minimum atomic E-state index is -0.198. The topological polar surface area (TPSA) is 99.7 Å². The number of nitrogens with one attached hydrogen (secondary N) is 2. The number of oxime groups is 1. The van der Waals surface area contributed by atoms with E-state index in [2.05, 4.69) is 15.8 Å². The second-order valence-corrected chi connectivity index (χ2v) is 4.29. The minimum absolute atomic E-state index is 0.0421. The van der Waals surface area contributed by atoms with Crippen molar-refractivity contribution in [2.45, 2.75) is 25.3 Å². The third-order valence-electron chi connectivity index (χ3n) is 2.99. The molecule has 1 saturated carbocycles. The highest BCUT2D eigenvalue weighted by Crippen LogP contribution is 2.18. The van der Waals surface area contributed by atoms with Crippen LogP contribution in [-0.4, -0.2) is 23.1 Å². The Morgan fingerprint density at radius 3 is 2.50 bits per heavy atom. The molecule has 0 heterocycles. The number of carbonyl (C=O) groups is 1. The number of hydrogen-bond donors (Lipinski definition) is 4. The van der Waals surface area contributed by atoms with Crippen LogP contribution in [0.15, 0.2) is 29.4 Å². The van der Waals surface area contributed by atoms with Gasteiger partial charge in [-0.2, -0.15) is 0 Å². The maximum Gasteiger partial charge on any atom is 0.319 e. The summed E-state index contributed by atoms with van der Waals surface area (Å²) in [5.74, 6) is 0.0421. The summed E-state index contributed by atoms with van der Waals surface area (Å²) in [6.07, 6.45) is 3.28. The van der Waals surface area contributed by atoms with Crippen LogP contribution in [0.4, 0.5) is 10.5 Å². The van der Waals surface area contributed by atoms with Gasteiger partial charge in [0, 0.05) is 17.3 Å². The van der Waals surface area contributed by atoms with Crippen LogP contribution in [-0.2, 0) is 0 Å². The third-order valence-corrected chi connectivity index (χ3v) is 2.99. The molecule has 0 aliphatic heterocycles. The SMILES string of the molecule is N/C(=N/O)c1ccc(NC(=O)NC2CCC2)cc1. The lowest BCUT2D eigenvalue weighted by Gasteiger charge is -2.26. The first-order valence-electron chi connectivity index (χ1n) is 5.84. The van der Waals surface area contributed by atoms with E-state index in [1.807, 2.05) is 0 Å². The van der Waals surface area contributed by atoms with Gasteiger partial charge in [-0.3, -0.25) is 0 Å². The first-order valence-corrected chi connectivity index (χ1v) is 5.84. The van der Waals surface area contributed by atoms with Crippen molar-refractivity contribution < 1.29 is 10.0 Å². The summed E-state index contributed by atoms with van der Waals surface area (Å²) >= 11 is 0. The van der Waals surface area contributed by atoms with Gasteiger partial charge >= 0.3 is 6.03 Å². The van der Waals surface area contributed by atoms with E-state index < -0.39 is 0 Å². The van der Waals surface area contributed by atoms with Gasteiger partial charge in [0.15, 0.2) is 5.84 Å². The number of nitrogens with two attached hydrogens (primary N) is 1. The third kappa shape index (κ3) is 2.91. The lowest BCUT2D eigenvalue weighted by atomic mass is 9.93. The largest absolute Gasteiger partial charge is 0.409 e. The van der Waals surface area contributed by atoms with Crippen molar-refractivity contribution >= 4 is 17.6 Å². The van der Waals surface area contributed by atoms with E-state index in [1.54, 1.807) is 24.3 Å². The molecule has 6 nitrogen and oxygen atoms in total. The van der Waals surface area contributed by atoms with Crippen LogP contribution >= 0.6 is 0 Å². The molecule has 18 heavy (non-hydrogen) atoms. The second kappa shape index (κ2) is 5.39. The van der Waals surface area contributed by atoms with Crippen LogP contribution in [0, 0.1) is 0 Å². The quantitative estimate of drug-likeness (QED) is 0.282. The first kappa shape index (κ1) is 12.2. The fourth-order valence-corrected chi connectivity index (χ4v) is 1.69. The number of amides is 2. The molecule has 0 bridgehead atoms. The Morgan fingerprint density at radius 1 is 1.33 bits per heavy atom. The average molecular weight is 248 g/mol. The van der Waals surface area contributed by atoms with Crippen LogP contribution in [0.2, 0.25) is 0 Å². The van der Waals surface area contributed by atoms with Gasteiger partial charge in [0.2, 0.25) is 0 Å². The van der Waals surface area contributed by atoms with Crippen molar-refractivity contribution in [2.75, 3.05) is 5.32 Å². The van der Waals surface area contributed by atoms with Crippen molar-refractivity contribution in [1.82, 2.24) is 5.32 Å². The number of anilines is 1. The van der Waals surface area contributed by atoms with E-state index in [-0.39, 0.29) is 11.9 Å². The van der Waals surface area contributed by atoms with E-state index in [0.29, 0.717) is 17.3 Å². The molecular formula is C12H16N4O2. The van der Waals surface area contributed by atoms with Crippen molar-refractivity contribution in [2.24, 2.45) is 10.9 Å². The van der Waals surface area contributed by atoms with E-state index in [4.69, 9.17) is 10.9 Å². The molecule has 1 aromatic carbocycles. The van der Waals surface area contributed by atoms with Gasteiger partial charge in [0.05, 0.1) is 0 Å². The maximum atomic E-state index is 11.6. The van der Waals surface area contributed by atoms with Crippen molar-refractivity contribution in [1.29, 1.82) is 0 Å². The Kier molecular flexibility index (Phi) is 3.66. The number of nitrogens with zero attached hydrogens (tertiary/aromatic N) is 1. The minimum Gasteiger partial charge on any atom is -0.409 e. The molecule has 96 valence electrons. The molecule has 1 aromatic rings. The highest BCUT2D eigenvalue weighted by atomic mass is 16.4. The molecule has 0 radical (unpaired) electrons. The lowest BCUT2D eigenvalue weighted by Crippen LogP contribution is -2.41. The van der Waals surface area contributed by atoms with Crippen LogP contribution in [0.3, 0.4) is 0 Å². The number of benzene rings is 1. The Hall–Kier alpha value is -2.24. The van der Waals surface area contributed by atoms with Crippen LogP contribution in [0.1, 0.15) is 24.8 Å². The average Bonchev–Trinajstić information content (AvgIpc) is 2.34. The first-order chi connectivity index (χ1) is 8.69. The van der Waals surface area contributed by atoms with Gasteiger partial charge in [0.1, 0.15) is 0 Å². The predicted molar refractivity (Wildman–Crippen MR) is 68.7 cm³/mol. The Labute approximate surface area is 105 Å². The Bertz CT molecular complexity index is 452. The number of rotatable bonds is 3. The number of hydrogen-bond acceptors (Lipinski definition) is 3. The van der Waals surface area contributed by atoms with E-state index in [0.717, 1.165) is 12.8 Å². The smallest absolute Gasteiger partial charge is 0.319 e. The summed E-state index contributed by atoms with van der Waals surface area (Å²) in [6.45, 7) is 0. The highest BCUT2D eigenvalue weighted by molar-refractivity contribution is 5.97. The van der Waals surface area contributed by atoms with Gasteiger partial charge in [-0.25, -0.2) is 4.79 Å². The molecule has 1 aliphatic rings. The number of amidine groups is 1. The number of carbonyl (C=O) groups excluding carboxylic acids is 1. The van der Waals surface area contributed by atoms with Crippen molar-refractivity contribution in [3.05, 3.63) is 29.8 Å². The molecule has 0 saturated heterocycles. The summed E-state index contributed by atoms with van der Waals surface area (Å²) in [5.41, 5.74) is 6.70. The van der Waals surface area contributed by atoms with Crippen molar-refractivity contribution in [3.8, 4) is 0 Å². The molecule has 0 atom stereocenters. The Balaban J connectivity index is 1.91. The summed E-state index contributed by atoms with van der Waals surface area (Å²) in [6, 6.07) is 6.86. The summed E-state index contributed by atoms with van der Waals surface area (Å²) in [4.78, 5) is 11.6. The lowest BCUT2D eigenvalue weighted by molar-refractivity contribution is 0.240. The van der Waals surface area contributed by atoms with Gasteiger partial charge < -0.3 is 21.6 Å². The molecule has 0 aromatic heterocycles. The monoisotopic (exact) mass is 248 g/mol. The number of urea groups is 1. The van der Waals surface area contributed by atoms with Crippen molar-refractivity contribution in [3.63, 3.8) is 0 Å². The molecule has 6 heteroatoms. The molecule has 1 fully saturated rings. The predicted octanol–water partition coefficient (Wildman–Crippen LogP) is 1.46. The summed E-state index contributed by atoms with van der Waals surface area (Å²) < 4.78 is 0. The van der Waals surface area contributed by atoms with E-state index in [9.17, 15) is 4.79 Å². The van der Waals surface area contributed by atoms with Crippen LogP contribution in [0.5, 0.6) is 0 Å². The van der Waals surface area contributed by atoms with Gasteiger partial charge in [0.25, 0.3) is 0 Å². The normalized spacial score (nSPS) is 15.9.